The van der Waals surface area contributed by atoms with Gasteiger partial charge in [0.05, 0.1) is 19.5 Å². The van der Waals surface area contributed by atoms with Crippen LogP contribution in [0.5, 0.6) is 0 Å². The van der Waals surface area contributed by atoms with E-state index in [9.17, 15) is 9.59 Å². The third kappa shape index (κ3) is 3.51. The smallest absolute Gasteiger partial charge is 0.325 e. The first-order valence-electron chi connectivity index (χ1n) is 3.96. The molecule has 1 rings (SSSR count). The summed E-state index contributed by atoms with van der Waals surface area (Å²) in [4.78, 5) is 29.4. The molecule has 1 N–H and O–H groups in total. The Morgan fingerprint density at radius 1 is 1.47 bits per heavy atom. The van der Waals surface area contributed by atoms with Crippen molar-refractivity contribution in [3.63, 3.8) is 0 Å². The molecular weight excluding hydrogens is 222 g/mol. The molecule has 1 heterocycles. The molecule has 0 aromatic carbocycles. The SMILES string of the molecule is COC(=O)CNC(=O)c1cnc(Cl)cn1. The van der Waals surface area contributed by atoms with Crippen molar-refractivity contribution in [2.45, 2.75) is 0 Å². The number of methoxy groups -OCH3 is 1. The van der Waals surface area contributed by atoms with Gasteiger partial charge in [0.25, 0.3) is 5.91 Å². The van der Waals surface area contributed by atoms with Gasteiger partial charge >= 0.3 is 5.97 Å². The predicted octanol–water partition coefficient (Wildman–Crippen LogP) is 0.0328. The summed E-state index contributed by atoms with van der Waals surface area (Å²) < 4.78 is 4.34. The van der Waals surface area contributed by atoms with E-state index < -0.39 is 11.9 Å². The van der Waals surface area contributed by atoms with Gasteiger partial charge in [0.2, 0.25) is 0 Å². The van der Waals surface area contributed by atoms with Gasteiger partial charge in [-0.3, -0.25) is 9.59 Å². The molecule has 1 aromatic rings. The summed E-state index contributed by atoms with van der Waals surface area (Å²) >= 11 is 5.49. The van der Waals surface area contributed by atoms with Gasteiger partial charge in [-0.1, -0.05) is 11.6 Å². The van der Waals surface area contributed by atoms with E-state index in [1.165, 1.54) is 19.5 Å². The van der Waals surface area contributed by atoms with Crippen LogP contribution >= 0.6 is 11.6 Å². The second-order valence-corrected chi connectivity index (χ2v) is 2.87. The first kappa shape index (κ1) is 11.4. The topological polar surface area (TPSA) is 81.2 Å². The number of carbonyl (C=O) groups excluding carboxylic acids is 2. The highest BCUT2D eigenvalue weighted by Gasteiger charge is 2.09. The molecule has 7 heteroatoms. The summed E-state index contributed by atoms with van der Waals surface area (Å²) in [5, 5.41) is 2.50. The zero-order valence-electron chi connectivity index (χ0n) is 7.86. The Morgan fingerprint density at radius 3 is 2.73 bits per heavy atom. The molecule has 0 atom stereocenters. The number of carbonyl (C=O) groups is 2. The fraction of sp³-hybridized carbons (Fsp3) is 0.250. The summed E-state index contributed by atoms with van der Waals surface area (Å²) in [7, 11) is 1.23. The predicted molar refractivity (Wildman–Crippen MR) is 51.4 cm³/mol. The van der Waals surface area contributed by atoms with Crippen molar-refractivity contribution in [2.75, 3.05) is 13.7 Å². The third-order valence-corrected chi connectivity index (χ3v) is 1.67. The van der Waals surface area contributed by atoms with Crippen LogP contribution in [0.25, 0.3) is 0 Å². The zero-order valence-corrected chi connectivity index (χ0v) is 8.61. The second-order valence-electron chi connectivity index (χ2n) is 2.48. The van der Waals surface area contributed by atoms with E-state index in [1.54, 1.807) is 0 Å². The lowest BCUT2D eigenvalue weighted by Gasteiger charge is -2.02. The van der Waals surface area contributed by atoms with E-state index in [1.807, 2.05) is 0 Å². The number of hydrogen-bond acceptors (Lipinski definition) is 5. The molecule has 15 heavy (non-hydrogen) atoms. The van der Waals surface area contributed by atoms with Crippen LogP contribution < -0.4 is 5.32 Å². The van der Waals surface area contributed by atoms with Crippen molar-refractivity contribution >= 4 is 23.5 Å². The van der Waals surface area contributed by atoms with Gasteiger partial charge in [0, 0.05) is 0 Å². The number of rotatable bonds is 3. The number of hydrogen-bond donors (Lipinski definition) is 1. The zero-order chi connectivity index (χ0) is 11.3. The van der Waals surface area contributed by atoms with Gasteiger partial charge in [-0.2, -0.15) is 0 Å². The molecule has 0 aliphatic rings. The largest absolute Gasteiger partial charge is 0.468 e. The molecule has 0 aliphatic carbocycles. The van der Waals surface area contributed by atoms with E-state index >= 15 is 0 Å². The molecule has 0 radical (unpaired) electrons. The van der Waals surface area contributed by atoms with Gasteiger partial charge in [-0.05, 0) is 0 Å². The Hall–Kier alpha value is -1.69. The van der Waals surface area contributed by atoms with Gasteiger partial charge in [0.1, 0.15) is 17.4 Å². The molecule has 0 bridgehead atoms. The molecule has 0 saturated heterocycles. The maximum absolute atomic E-state index is 11.3. The monoisotopic (exact) mass is 229 g/mol. The second kappa shape index (κ2) is 5.26. The van der Waals surface area contributed by atoms with Gasteiger partial charge in [-0.25, -0.2) is 9.97 Å². The van der Waals surface area contributed by atoms with Crippen LogP contribution in [0.2, 0.25) is 5.15 Å². The lowest BCUT2D eigenvalue weighted by molar-refractivity contribution is -0.139. The van der Waals surface area contributed by atoms with E-state index in [2.05, 4.69) is 20.0 Å². The highest BCUT2D eigenvalue weighted by molar-refractivity contribution is 6.29. The summed E-state index contributed by atoms with van der Waals surface area (Å²) in [5.74, 6) is -1.05. The first-order chi connectivity index (χ1) is 7.13. The van der Waals surface area contributed by atoms with Gasteiger partial charge in [-0.15, -0.1) is 0 Å². The van der Waals surface area contributed by atoms with Crippen molar-refractivity contribution < 1.29 is 14.3 Å². The molecular formula is C8H8ClN3O3. The number of nitrogens with one attached hydrogen (secondary N) is 1. The van der Waals surface area contributed by atoms with E-state index in [0.29, 0.717) is 0 Å². The van der Waals surface area contributed by atoms with Crippen molar-refractivity contribution in [2.24, 2.45) is 0 Å². The number of nitrogens with zero attached hydrogens (tertiary/aromatic N) is 2. The Bertz CT molecular complexity index is 366. The van der Waals surface area contributed by atoms with Crippen LogP contribution in [0.4, 0.5) is 0 Å². The van der Waals surface area contributed by atoms with Crippen LogP contribution in [0, 0.1) is 0 Å². The van der Waals surface area contributed by atoms with Gasteiger partial charge < -0.3 is 10.1 Å². The maximum atomic E-state index is 11.3. The minimum absolute atomic E-state index is 0.0864. The third-order valence-electron chi connectivity index (χ3n) is 1.47. The Balaban J connectivity index is 2.54. The van der Waals surface area contributed by atoms with Crippen LogP contribution in [0.1, 0.15) is 10.5 Å². The lowest BCUT2D eigenvalue weighted by atomic mass is 10.4. The molecule has 1 amide bonds. The standard InChI is InChI=1S/C8H8ClN3O3/c1-15-7(13)4-12-8(14)5-2-11-6(9)3-10-5/h2-3H,4H2,1H3,(H,12,14). The van der Waals surface area contributed by atoms with Crippen molar-refractivity contribution in [1.82, 2.24) is 15.3 Å². The van der Waals surface area contributed by atoms with Crippen molar-refractivity contribution in [3.05, 3.63) is 23.2 Å². The van der Waals surface area contributed by atoms with Crippen LogP contribution in [0.15, 0.2) is 12.4 Å². The highest BCUT2D eigenvalue weighted by atomic mass is 35.5. The Kier molecular flexibility index (Phi) is 3.99. The molecule has 0 unspecified atom stereocenters. The quantitative estimate of drug-likeness (QED) is 0.740. The molecule has 0 spiro atoms. The van der Waals surface area contributed by atoms with E-state index in [4.69, 9.17) is 11.6 Å². The normalized spacial score (nSPS) is 9.47. The number of aromatic nitrogens is 2. The molecule has 1 aromatic heterocycles. The van der Waals surface area contributed by atoms with Crippen LogP contribution in [-0.2, 0) is 9.53 Å². The highest BCUT2D eigenvalue weighted by Crippen LogP contribution is 2.00. The number of amides is 1. The molecule has 0 aliphatic heterocycles. The molecule has 0 fully saturated rings. The Labute approximate surface area is 90.6 Å². The number of ether oxygens (including phenoxy) is 1. The fourth-order valence-corrected chi connectivity index (χ4v) is 0.842. The lowest BCUT2D eigenvalue weighted by Crippen LogP contribution is -2.30. The summed E-state index contributed by atoms with van der Waals surface area (Å²) in [6.45, 7) is -0.209. The van der Waals surface area contributed by atoms with Crippen LogP contribution in [0.3, 0.4) is 0 Å². The summed E-state index contributed by atoms with van der Waals surface area (Å²) in [5.41, 5.74) is 0.0864. The fourth-order valence-electron chi connectivity index (χ4n) is 0.745. The number of esters is 1. The number of halogens is 1. The van der Waals surface area contributed by atoms with Crippen molar-refractivity contribution in [1.29, 1.82) is 0 Å². The molecule has 0 saturated carbocycles. The Morgan fingerprint density at radius 2 is 2.20 bits per heavy atom. The van der Waals surface area contributed by atoms with Crippen molar-refractivity contribution in [3.8, 4) is 0 Å². The van der Waals surface area contributed by atoms with E-state index in [0.717, 1.165) is 0 Å². The maximum Gasteiger partial charge on any atom is 0.325 e. The minimum atomic E-state index is -0.537. The van der Waals surface area contributed by atoms with Crippen LogP contribution in [-0.4, -0.2) is 35.5 Å². The summed E-state index contributed by atoms with van der Waals surface area (Å²) in [6, 6.07) is 0. The average molecular weight is 230 g/mol. The van der Waals surface area contributed by atoms with E-state index in [-0.39, 0.29) is 17.4 Å². The summed E-state index contributed by atoms with van der Waals surface area (Å²) in [6.07, 6.45) is 2.46. The average Bonchev–Trinajstić information content (AvgIpc) is 2.26. The minimum Gasteiger partial charge on any atom is -0.468 e. The van der Waals surface area contributed by atoms with Gasteiger partial charge in [0.15, 0.2) is 0 Å². The molecule has 80 valence electrons. The molecule has 6 nitrogen and oxygen atoms in total. The first-order valence-corrected chi connectivity index (χ1v) is 4.34.